The van der Waals surface area contributed by atoms with Gasteiger partial charge in [0, 0.05) is 21.2 Å². The first-order valence-electron chi connectivity index (χ1n) is 6.08. The van der Waals surface area contributed by atoms with Crippen molar-refractivity contribution < 1.29 is 0 Å². The molecule has 0 aliphatic heterocycles. The van der Waals surface area contributed by atoms with Crippen molar-refractivity contribution in [1.29, 1.82) is 0 Å². The molecule has 0 bridgehead atoms. The van der Waals surface area contributed by atoms with Gasteiger partial charge in [0.05, 0.1) is 0 Å². The first-order chi connectivity index (χ1) is 8.25. The van der Waals surface area contributed by atoms with E-state index < -0.39 is 0 Å². The molecule has 2 rings (SSSR count). The summed E-state index contributed by atoms with van der Waals surface area (Å²) < 4.78 is 1.13. The lowest BCUT2D eigenvalue weighted by Gasteiger charge is -2.19. The van der Waals surface area contributed by atoms with Crippen LogP contribution in [0.3, 0.4) is 0 Å². The highest BCUT2D eigenvalue weighted by Gasteiger charge is 2.12. The molecule has 1 aliphatic rings. The fraction of sp³-hybridized carbons (Fsp3) is 0.429. The lowest BCUT2D eigenvalue weighted by atomic mass is 9.95. The largest absolute Gasteiger partial charge is 0.324 e. The van der Waals surface area contributed by atoms with Gasteiger partial charge < -0.3 is 5.73 Å². The van der Waals surface area contributed by atoms with Crippen LogP contribution >= 0.6 is 27.7 Å². The molecule has 17 heavy (non-hydrogen) atoms. The van der Waals surface area contributed by atoms with Gasteiger partial charge in [0.1, 0.15) is 0 Å². The van der Waals surface area contributed by atoms with Gasteiger partial charge in [0.2, 0.25) is 0 Å². The summed E-state index contributed by atoms with van der Waals surface area (Å²) in [7, 11) is 0. The van der Waals surface area contributed by atoms with Crippen LogP contribution in [0.15, 0.2) is 45.3 Å². The highest BCUT2D eigenvalue weighted by molar-refractivity contribution is 9.10. The number of benzene rings is 1. The Bertz CT molecular complexity index is 386. The van der Waals surface area contributed by atoms with Gasteiger partial charge >= 0.3 is 0 Å². The molecular weight excluding hydrogens is 294 g/mol. The van der Waals surface area contributed by atoms with E-state index in [0.717, 1.165) is 10.2 Å². The van der Waals surface area contributed by atoms with E-state index in [2.05, 4.69) is 46.3 Å². The van der Waals surface area contributed by atoms with Crippen molar-refractivity contribution in [2.24, 2.45) is 5.73 Å². The van der Waals surface area contributed by atoms with Gasteiger partial charge in [-0.3, -0.25) is 0 Å². The van der Waals surface area contributed by atoms with Crippen molar-refractivity contribution in [3.63, 3.8) is 0 Å². The van der Waals surface area contributed by atoms with Crippen LogP contribution in [0.4, 0.5) is 0 Å². The minimum atomic E-state index is 0.226. The van der Waals surface area contributed by atoms with E-state index in [-0.39, 0.29) is 6.04 Å². The summed E-state index contributed by atoms with van der Waals surface area (Å²) in [6.07, 6.45) is 7.39. The van der Waals surface area contributed by atoms with Crippen molar-refractivity contribution in [2.75, 3.05) is 5.75 Å². The number of hydrogen-bond acceptors (Lipinski definition) is 2. The molecule has 0 heterocycles. The van der Waals surface area contributed by atoms with E-state index in [0.29, 0.717) is 0 Å². The van der Waals surface area contributed by atoms with E-state index in [4.69, 9.17) is 5.73 Å². The van der Waals surface area contributed by atoms with Gasteiger partial charge in [-0.2, -0.15) is 0 Å². The Morgan fingerprint density at radius 2 is 2.00 bits per heavy atom. The molecule has 0 spiro atoms. The fourth-order valence-electron chi connectivity index (χ4n) is 2.02. The highest BCUT2D eigenvalue weighted by Crippen LogP contribution is 2.25. The molecule has 2 N–H and O–H groups in total. The Balaban J connectivity index is 1.85. The Labute approximate surface area is 116 Å². The van der Waals surface area contributed by atoms with E-state index in [1.807, 2.05) is 11.8 Å². The smallest absolute Gasteiger partial charge is 0.0349 e. The summed E-state index contributed by atoms with van der Waals surface area (Å²) in [5.41, 5.74) is 7.69. The minimum Gasteiger partial charge on any atom is -0.324 e. The average Bonchev–Trinajstić information content (AvgIpc) is 2.39. The molecule has 92 valence electrons. The number of nitrogens with two attached hydrogens (primary N) is 1. The van der Waals surface area contributed by atoms with E-state index in [9.17, 15) is 0 Å². The SMILES string of the molecule is NC(CSc1ccc(Br)cc1)C1=CCCCC1. The molecule has 0 amide bonds. The zero-order valence-electron chi connectivity index (χ0n) is 9.86. The molecule has 1 atom stereocenters. The second kappa shape index (κ2) is 6.62. The second-order valence-electron chi connectivity index (χ2n) is 4.40. The van der Waals surface area contributed by atoms with Gasteiger partial charge in [-0.25, -0.2) is 0 Å². The zero-order valence-corrected chi connectivity index (χ0v) is 12.3. The average molecular weight is 312 g/mol. The third-order valence-electron chi connectivity index (χ3n) is 3.05. The molecule has 0 saturated heterocycles. The highest BCUT2D eigenvalue weighted by atomic mass is 79.9. The van der Waals surface area contributed by atoms with Crippen LogP contribution in [-0.4, -0.2) is 11.8 Å². The Morgan fingerprint density at radius 3 is 2.65 bits per heavy atom. The predicted molar refractivity (Wildman–Crippen MR) is 79.4 cm³/mol. The molecular formula is C14H18BrNS. The van der Waals surface area contributed by atoms with Crippen molar-refractivity contribution in [3.05, 3.63) is 40.4 Å². The van der Waals surface area contributed by atoms with Gasteiger partial charge in [0.25, 0.3) is 0 Å². The molecule has 1 aromatic rings. The van der Waals surface area contributed by atoms with Crippen molar-refractivity contribution in [3.8, 4) is 0 Å². The summed E-state index contributed by atoms with van der Waals surface area (Å²) in [6, 6.07) is 8.65. The lowest BCUT2D eigenvalue weighted by molar-refractivity contribution is 0.656. The minimum absolute atomic E-state index is 0.226. The molecule has 1 aromatic carbocycles. The van der Waals surface area contributed by atoms with Crippen molar-refractivity contribution in [2.45, 2.75) is 36.6 Å². The van der Waals surface area contributed by atoms with Gasteiger partial charge in [-0.1, -0.05) is 27.6 Å². The molecule has 0 aromatic heterocycles. The molecule has 1 aliphatic carbocycles. The molecule has 0 fully saturated rings. The first kappa shape index (κ1) is 13.2. The Kier molecular flexibility index (Phi) is 5.14. The monoisotopic (exact) mass is 311 g/mol. The summed E-state index contributed by atoms with van der Waals surface area (Å²) in [4.78, 5) is 1.29. The lowest BCUT2D eigenvalue weighted by Crippen LogP contribution is -2.26. The third kappa shape index (κ3) is 4.16. The van der Waals surface area contributed by atoms with Gasteiger partial charge in [-0.05, 0) is 49.9 Å². The molecule has 1 unspecified atom stereocenters. The van der Waals surface area contributed by atoms with Crippen molar-refractivity contribution in [1.82, 2.24) is 0 Å². The number of hydrogen-bond donors (Lipinski definition) is 1. The quantitative estimate of drug-likeness (QED) is 0.660. The van der Waals surface area contributed by atoms with Crippen LogP contribution in [0.5, 0.6) is 0 Å². The third-order valence-corrected chi connectivity index (χ3v) is 4.71. The first-order valence-corrected chi connectivity index (χ1v) is 7.86. The van der Waals surface area contributed by atoms with Crippen molar-refractivity contribution >= 4 is 27.7 Å². The van der Waals surface area contributed by atoms with E-state index in [1.165, 1.54) is 36.2 Å². The Morgan fingerprint density at radius 1 is 1.24 bits per heavy atom. The van der Waals surface area contributed by atoms with Gasteiger partial charge in [-0.15, -0.1) is 11.8 Å². The maximum absolute atomic E-state index is 6.23. The van der Waals surface area contributed by atoms with Crippen LogP contribution in [0.2, 0.25) is 0 Å². The van der Waals surface area contributed by atoms with Gasteiger partial charge in [0.15, 0.2) is 0 Å². The Hall–Kier alpha value is -0.250. The van der Waals surface area contributed by atoms with Crippen LogP contribution in [-0.2, 0) is 0 Å². The number of rotatable bonds is 4. The summed E-state index contributed by atoms with van der Waals surface area (Å²) in [5, 5.41) is 0. The summed E-state index contributed by atoms with van der Waals surface area (Å²) >= 11 is 5.29. The molecule has 1 nitrogen and oxygen atoms in total. The predicted octanol–water partition coefficient (Wildman–Crippen LogP) is 4.37. The fourth-order valence-corrected chi connectivity index (χ4v) is 3.20. The topological polar surface area (TPSA) is 26.0 Å². The number of halogens is 1. The number of thioether (sulfide) groups is 1. The second-order valence-corrected chi connectivity index (χ2v) is 6.41. The standard InChI is InChI=1S/C14H18BrNS/c15-12-6-8-13(9-7-12)17-10-14(16)11-4-2-1-3-5-11/h4,6-9,14H,1-3,5,10,16H2. The summed E-state index contributed by atoms with van der Waals surface area (Å²) in [5.74, 6) is 0.980. The normalized spacial score (nSPS) is 17.6. The summed E-state index contributed by atoms with van der Waals surface area (Å²) in [6.45, 7) is 0. The van der Waals surface area contributed by atoms with Crippen LogP contribution < -0.4 is 5.73 Å². The maximum Gasteiger partial charge on any atom is 0.0349 e. The van der Waals surface area contributed by atoms with Crippen LogP contribution in [0.1, 0.15) is 25.7 Å². The number of allylic oxidation sites excluding steroid dienone is 1. The van der Waals surface area contributed by atoms with E-state index in [1.54, 1.807) is 0 Å². The molecule has 0 radical (unpaired) electrons. The van der Waals surface area contributed by atoms with E-state index >= 15 is 0 Å². The van der Waals surface area contributed by atoms with Crippen LogP contribution in [0, 0.1) is 0 Å². The van der Waals surface area contributed by atoms with Crippen LogP contribution in [0.25, 0.3) is 0 Å². The zero-order chi connectivity index (χ0) is 12.1. The maximum atomic E-state index is 6.23. The molecule has 0 saturated carbocycles. The molecule has 3 heteroatoms.